The maximum Gasteiger partial charge on any atom is 0.231 e. The molecule has 8 heteroatoms. The van der Waals surface area contributed by atoms with Crippen LogP contribution < -0.4 is 23.7 Å². The zero-order chi connectivity index (χ0) is 23.7. The number of nitrogens with zero attached hydrogens (tertiary/aromatic N) is 2. The van der Waals surface area contributed by atoms with Gasteiger partial charge in [-0.2, -0.15) is 0 Å². The summed E-state index contributed by atoms with van der Waals surface area (Å²) in [6, 6.07) is 11.1. The lowest BCUT2D eigenvalue weighted by atomic mass is 10.0. The Morgan fingerprint density at radius 1 is 1.09 bits per heavy atom. The van der Waals surface area contributed by atoms with E-state index in [0.717, 1.165) is 16.9 Å². The smallest absolute Gasteiger partial charge is 0.231 e. The van der Waals surface area contributed by atoms with Gasteiger partial charge in [-0.25, -0.2) is 0 Å². The largest absolute Gasteiger partial charge is 0.493 e. The van der Waals surface area contributed by atoms with E-state index >= 15 is 0 Å². The molecule has 0 amide bonds. The summed E-state index contributed by atoms with van der Waals surface area (Å²) in [7, 11) is 4.64. The number of hydrogen-bond acceptors (Lipinski definition) is 8. The fourth-order valence-electron chi connectivity index (χ4n) is 4.19. The van der Waals surface area contributed by atoms with Gasteiger partial charge in [-0.3, -0.25) is 14.7 Å². The van der Waals surface area contributed by atoms with Gasteiger partial charge in [0.15, 0.2) is 17.3 Å². The number of Topliss-reactive ketones (excluding diaryl/α,β-unsaturated/α-hetero) is 1. The number of carbonyl (C=O) groups is 1. The quantitative estimate of drug-likeness (QED) is 0.510. The van der Waals surface area contributed by atoms with Crippen LogP contribution in [0.1, 0.15) is 27.0 Å². The van der Waals surface area contributed by atoms with Crippen LogP contribution in [0.15, 0.2) is 54.6 Å². The molecular weight excluding hydrogens is 436 g/mol. The highest BCUT2D eigenvalue weighted by atomic mass is 16.5. The Hall–Kier alpha value is -4.04. The summed E-state index contributed by atoms with van der Waals surface area (Å²) in [6.45, 7) is 1.72. The highest BCUT2D eigenvalue weighted by Crippen LogP contribution is 2.43. The summed E-state index contributed by atoms with van der Waals surface area (Å²) in [5, 5.41) is 0. The van der Waals surface area contributed by atoms with E-state index in [0.29, 0.717) is 53.9 Å². The minimum absolute atomic E-state index is 0.184. The molecule has 174 valence electrons. The van der Waals surface area contributed by atoms with Crippen LogP contribution in [0.3, 0.4) is 0 Å². The van der Waals surface area contributed by atoms with E-state index in [4.69, 9.17) is 23.7 Å². The van der Waals surface area contributed by atoms with Crippen molar-refractivity contribution in [1.82, 2.24) is 9.88 Å². The molecule has 34 heavy (non-hydrogen) atoms. The summed E-state index contributed by atoms with van der Waals surface area (Å²) >= 11 is 0. The molecule has 8 nitrogen and oxygen atoms in total. The molecule has 0 unspecified atom stereocenters. The van der Waals surface area contributed by atoms with E-state index in [1.165, 1.54) is 0 Å². The number of ketones is 1. The Kier molecular flexibility index (Phi) is 5.81. The number of allylic oxidation sites excluding steroid dienone is 1. The van der Waals surface area contributed by atoms with E-state index in [1.807, 2.05) is 24.4 Å². The number of aromatic nitrogens is 1. The number of hydrogen-bond donors (Lipinski definition) is 0. The second-order valence-corrected chi connectivity index (χ2v) is 7.94. The number of methoxy groups -OCH3 is 3. The van der Waals surface area contributed by atoms with E-state index in [9.17, 15) is 4.79 Å². The summed E-state index contributed by atoms with van der Waals surface area (Å²) in [4.78, 5) is 19.5. The molecule has 3 heterocycles. The number of rotatable bonds is 6. The third kappa shape index (κ3) is 3.92. The molecule has 1 aromatic heterocycles. The van der Waals surface area contributed by atoms with Crippen LogP contribution in [0.5, 0.6) is 28.7 Å². The second-order valence-electron chi connectivity index (χ2n) is 7.94. The molecule has 0 fully saturated rings. The lowest BCUT2D eigenvalue weighted by Crippen LogP contribution is -2.31. The van der Waals surface area contributed by atoms with Gasteiger partial charge in [0.1, 0.15) is 18.2 Å². The third-order valence-electron chi connectivity index (χ3n) is 5.80. The van der Waals surface area contributed by atoms with Crippen LogP contribution in [-0.2, 0) is 13.1 Å². The first-order valence-corrected chi connectivity index (χ1v) is 10.8. The van der Waals surface area contributed by atoms with Crippen molar-refractivity contribution in [2.75, 3.05) is 28.1 Å². The molecule has 0 aliphatic carbocycles. The molecule has 3 aromatic rings. The zero-order valence-corrected chi connectivity index (χ0v) is 19.2. The fourth-order valence-corrected chi connectivity index (χ4v) is 4.19. The SMILES string of the molecule is COc1cc(C=C2Oc3c(ccc4c3CN(Cc3cccnc3)CO4)C2=O)cc(OC)c1OC. The van der Waals surface area contributed by atoms with Gasteiger partial charge in [-0.05, 0) is 47.5 Å². The molecule has 0 radical (unpaired) electrons. The van der Waals surface area contributed by atoms with Gasteiger partial charge in [0.2, 0.25) is 11.5 Å². The van der Waals surface area contributed by atoms with Crippen LogP contribution in [0.2, 0.25) is 0 Å². The number of ether oxygens (including phenoxy) is 5. The first-order valence-electron chi connectivity index (χ1n) is 10.8. The highest BCUT2D eigenvalue weighted by molar-refractivity contribution is 6.15. The van der Waals surface area contributed by atoms with Crippen molar-refractivity contribution in [3.63, 3.8) is 0 Å². The Morgan fingerprint density at radius 3 is 2.56 bits per heavy atom. The molecule has 0 saturated heterocycles. The standard InChI is InChI=1S/C26H24N2O6/c1-30-22-10-17(11-23(31-2)26(22)32-3)9-21-24(29)18-6-7-20-19(25(18)34-21)14-28(15-33-20)13-16-5-4-8-27-12-16/h4-12H,13-15H2,1-3H3. The summed E-state index contributed by atoms with van der Waals surface area (Å²) < 4.78 is 28.3. The van der Waals surface area contributed by atoms with Gasteiger partial charge in [0, 0.05) is 25.5 Å². The van der Waals surface area contributed by atoms with Crippen LogP contribution >= 0.6 is 0 Å². The van der Waals surface area contributed by atoms with Crippen molar-refractivity contribution < 1.29 is 28.5 Å². The Morgan fingerprint density at radius 2 is 1.88 bits per heavy atom. The monoisotopic (exact) mass is 460 g/mol. The summed E-state index contributed by atoms with van der Waals surface area (Å²) in [6.07, 6.45) is 5.26. The predicted octanol–water partition coefficient (Wildman–Crippen LogP) is 4.08. The van der Waals surface area contributed by atoms with Crippen LogP contribution in [0, 0.1) is 0 Å². The molecule has 0 saturated carbocycles. The first kappa shape index (κ1) is 21.8. The topological polar surface area (TPSA) is 79.4 Å². The molecular formula is C26H24N2O6. The van der Waals surface area contributed by atoms with Crippen LogP contribution in [-0.4, -0.2) is 43.7 Å². The van der Waals surface area contributed by atoms with Crippen molar-refractivity contribution in [1.29, 1.82) is 0 Å². The first-order chi connectivity index (χ1) is 16.6. The van der Waals surface area contributed by atoms with Crippen molar-refractivity contribution in [2.45, 2.75) is 13.1 Å². The van der Waals surface area contributed by atoms with Gasteiger partial charge in [0.25, 0.3) is 0 Å². The molecule has 5 rings (SSSR count). The number of benzene rings is 2. The maximum atomic E-state index is 13.1. The number of fused-ring (bicyclic) bond motifs is 3. The molecule has 0 N–H and O–H groups in total. The second kappa shape index (κ2) is 9.07. The van der Waals surface area contributed by atoms with Gasteiger partial charge in [-0.15, -0.1) is 0 Å². The van der Waals surface area contributed by atoms with Crippen molar-refractivity contribution in [3.8, 4) is 28.7 Å². The highest BCUT2D eigenvalue weighted by Gasteiger charge is 2.33. The van der Waals surface area contributed by atoms with Crippen molar-refractivity contribution >= 4 is 11.9 Å². The molecule has 2 aliphatic heterocycles. The van der Waals surface area contributed by atoms with E-state index < -0.39 is 0 Å². The Balaban J connectivity index is 1.45. The fraction of sp³-hybridized carbons (Fsp3) is 0.231. The van der Waals surface area contributed by atoms with Crippen molar-refractivity contribution in [3.05, 3.63) is 76.8 Å². The maximum absolute atomic E-state index is 13.1. The van der Waals surface area contributed by atoms with Crippen LogP contribution in [0.25, 0.3) is 6.08 Å². The number of carbonyl (C=O) groups excluding carboxylic acids is 1. The van der Waals surface area contributed by atoms with E-state index in [-0.39, 0.29) is 11.5 Å². The predicted molar refractivity (Wildman–Crippen MR) is 124 cm³/mol. The summed E-state index contributed by atoms with van der Waals surface area (Å²) in [5.41, 5.74) is 3.15. The third-order valence-corrected chi connectivity index (χ3v) is 5.80. The van der Waals surface area contributed by atoms with Gasteiger partial charge in [-0.1, -0.05) is 6.07 Å². The van der Waals surface area contributed by atoms with Crippen molar-refractivity contribution in [2.24, 2.45) is 0 Å². The average Bonchev–Trinajstić information content (AvgIpc) is 3.19. The van der Waals surface area contributed by atoms with Gasteiger partial charge in [0.05, 0.1) is 32.5 Å². The minimum Gasteiger partial charge on any atom is -0.493 e. The van der Waals surface area contributed by atoms with E-state index in [1.54, 1.807) is 51.8 Å². The van der Waals surface area contributed by atoms with Gasteiger partial charge >= 0.3 is 0 Å². The molecule has 0 atom stereocenters. The average molecular weight is 460 g/mol. The van der Waals surface area contributed by atoms with Crippen LogP contribution in [0.4, 0.5) is 0 Å². The lowest BCUT2D eigenvalue weighted by molar-refractivity contribution is 0.0872. The molecule has 0 spiro atoms. The Labute approximate surface area is 197 Å². The minimum atomic E-state index is -0.184. The van der Waals surface area contributed by atoms with E-state index in [2.05, 4.69) is 9.88 Å². The lowest BCUT2D eigenvalue weighted by Gasteiger charge is -2.29. The zero-order valence-electron chi connectivity index (χ0n) is 19.2. The van der Waals surface area contributed by atoms with Gasteiger partial charge < -0.3 is 23.7 Å². The normalized spacial score (nSPS) is 15.9. The summed E-state index contributed by atoms with van der Waals surface area (Å²) in [5.74, 6) is 2.77. The molecule has 0 bridgehead atoms. The number of pyridine rings is 1. The Bertz CT molecular complexity index is 1250. The molecule has 2 aromatic carbocycles. The molecule has 2 aliphatic rings.